The minimum Gasteiger partial charge on any atom is -0.0625 e. The molecule has 14 heavy (non-hydrogen) atoms. The molecule has 0 bridgehead atoms. The average Bonchev–Trinajstić information content (AvgIpc) is 2.95. The summed E-state index contributed by atoms with van der Waals surface area (Å²) < 4.78 is 0. The van der Waals surface area contributed by atoms with Crippen molar-refractivity contribution in [1.29, 1.82) is 0 Å². The van der Waals surface area contributed by atoms with E-state index in [1.54, 1.807) is 0 Å². The fourth-order valence-corrected chi connectivity index (χ4v) is 3.47. The molecule has 2 aliphatic carbocycles. The highest BCUT2D eigenvalue weighted by Gasteiger charge is 2.48. The Hall–Kier alpha value is 0. The van der Waals surface area contributed by atoms with Gasteiger partial charge in [-0.15, -0.1) is 0 Å². The zero-order valence-electron chi connectivity index (χ0n) is 10.5. The first-order valence-electron chi connectivity index (χ1n) is 6.52. The molecule has 0 amide bonds. The van der Waals surface area contributed by atoms with Crippen molar-refractivity contribution < 1.29 is 0 Å². The molecule has 0 nitrogen and oxygen atoms in total. The van der Waals surface area contributed by atoms with Gasteiger partial charge in [0.1, 0.15) is 0 Å². The molecule has 0 aromatic heterocycles. The van der Waals surface area contributed by atoms with Gasteiger partial charge in [0.2, 0.25) is 0 Å². The lowest BCUT2D eigenvalue weighted by molar-refractivity contribution is 0.279. The van der Waals surface area contributed by atoms with Crippen LogP contribution in [-0.2, 0) is 0 Å². The molecule has 0 heterocycles. The summed E-state index contributed by atoms with van der Waals surface area (Å²) in [7, 11) is 0. The lowest BCUT2D eigenvalue weighted by atomic mass is 9.85. The zero-order chi connectivity index (χ0) is 10.5. The second-order valence-corrected chi connectivity index (χ2v) is 6.40. The minimum atomic E-state index is 0.922. The quantitative estimate of drug-likeness (QED) is 0.629. The second-order valence-electron chi connectivity index (χ2n) is 6.40. The SMILES string of the molecule is CC(C)C1CC1C(C)C(C)C1CC1C. The highest BCUT2D eigenvalue weighted by molar-refractivity contribution is 4.97. The summed E-state index contributed by atoms with van der Waals surface area (Å²) in [4.78, 5) is 0. The van der Waals surface area contributed by atoms with E-state index < -0.39 is 0 Å². The Balaban J connectivity index is 1.82. The van der Waals surface area contributed by atoms with Crippen LogP contribution >= 0.6 is 0 Å². The second kappa shape index (κ2) is 3.54. The van der Waals surface area contributed by atoms with Gasteiger partial charge in [-0.1, -0.05) is 34.6 Å². The van der Waals surface area contributed by atoms with Crippen molar-refractivity contribution in [2.75, 3.05) is 0 Å². The first kappa shape index (κ1) is 10.5. The summed E-state index contributed by atoms with van der Waals surface area (Å²) in [5, 5.41) is 0. The maximum absolute atomic E-state index is 2.50. The molecule has 0 N–H and O–H groups in total. The van der Waals surface area contributed by atoms with Crippen LogP contribution in [0.15, 0.2) is 0 Å². The van der Waals surface area contributed by atoms with Crippen LogP contribution in [0.5, 0.6) is 0 Å². The molecule has 0 heteroatoms. The topological polar surface area (TPSA) is 0 Å². The van der Waals surface area contributed by atoms with Gasteiger partial charge in [-0.05, 0) is 54.3 Å². The van der Waals surface area contributed by atoms with Crippen LogP contribution in [0, 0.1) is 41.4 Å². The predicted octanol–water partition coefficient (Wildman–Crippen LogP) is 4.21. The van der Waals surface area contributed by atoms with E-state index in [2.05, 4.69) is 34.6 Å². The Morgan fingerprint density at radius 1 is 0.786 bits per heavy atom. The highest BCUT2D eigenvalue weighted by Crippen LogP contribution is 2.55. The molecular weight excluding hydrogens is 168 g/mol. The zero-order valence-corrected chi connectivity index (χ0v) is 10.5. The van der Waals surface area contributed by atoms with Gasteiger partial charge in [-0.3, -0.25) is 0 Å². The first-order valence-corrected chi connectivity index (χ1v) is 6.52. The lowest BCUT2D eigenvalue weighted by Crippen LogP contribution is -2.14. The number of hydrogen-bond donors (Lipinski definition) is 0. The highest BCUT2D eigenvalue weighted by atomic mass is 14.5. The molecule has 0 radical (unpaired) electrons. The van der Waals surface area contributed by atoms with Gasteiger partial charge in [0, 0.05) is 0 Å². The summed E-state index contributed by atoms with van der Waals surface area (Å²) in [6, 6.07) is 0. The van der Waals surface area contributed by atoms with E-state index in [4.69, 9.17) is 0 Å². The summed E-state index contributed by atoms with van der Waals surface area (Å²) >= 11 is 0. The molecule has 6 atom stereocenters. The fourth-order valence-electron chi connectivity index (χ4n) is 3.47. The van der Waals surface area contributed by atoms with Crippen molar-refractivity contribution in [3.05, 3.63) is 0 Å². The average molecular weight is 194 g/mol. The van der Waals surface area contributed by atoms with E-state index in [9.17, 15) is 0 Å². The standard InChI is InChI=1S/C14H26/c1-8(2)12-7-14(12)11(5)10(4)13-6-9(13)3/h8-14H,6-7H2,1-5H3. The van der Waals surface area contributed by atoms with Crippen molar-refractivity contribution in [2.24, 2.45) is 41.4 Å². The van der Waals surface area contributed by atoms with Crippen LogP contribution in [0.25, 0.3) is 0 Å². The minimum absolute atomic E-state index is 0.922. The van der Waals surface area contributed by atoms with Crippen LogP contribution < -0.4 is 0 Å². The smallest absolute Gasteiger partial charge is 0.0352 e. The van der Waals surface area contributed by atoms with E-state index >= 15 is 0 Å². The van der Waals surface area contributed by atoms with E-state index in [0.29, 0.717) is 0 Å². The van der Waals surface area contributed by atoms with Crippen LogP contribution in [-0.4, -0.2) is 0 Å². The van der Waals surface area contributed by atoms with Crippen LogP contribution in [0.1, 0.15) is 47.5 Å². The van der Waals surface area contributed by atoms with E-state index in [1.165, 1.54) is 12.8 Å². The normalized spacial score (nSPS) is 45.0. The predicted molar refractivity (Wildman–Crippen MR) is 62.0 cm³/mol. The van der Waals surface area contributed by atoms with Crippen molar-refractivity contribution in [2.45, 2.75) is 47.5 Å². The molecule has 2 saturated carbocycles. The first-order chi connectivity index (χ1) is 6.52. The third-order valence-corrected chi connectivity index (χ3v) is 5.10. The summed E-state index contributed by atoms with van der Waals surface area (Å²) in [5.41, 5.74) is 0. The third kappa shape index (κ3) is 1.85. The Morgan fingerprint density at radius 2 is 1.29 bits per heavy atom. The molecule has 0 aliphatic heterocycles. The molecule has 2 fully saturated rings. The van der Waals surface area contributed by atoms with Gasteiger partial charge in [0.25, 0.3) is 0 Å². The van der Waals surface area contributed by atoms with Gasteiger partial charge in [0.15, 0.2) is 0 Å². The summed E-state index contributed by atoms with van der Waals surface area (Å²) in [5.74, 6) is 7.11. The Morgan fingerprint density at radius 3 is 1.64 bits per heavy atom. The van der Waals surface area contributed by atoms with E-state index in [1.807, 2.05) is 0 Å². The Labute approximate surface area is 89.5 Å². The summed E-state index contributed by atoms with van der Waals surface area (Å²) in [6.07, 6.45) is 3.02. The van der Waals surface area contributed by atoms with Crippen LogP contribution in [0.4, 0.5) is 0 Å². The molecule has 0 aromatic carbocycles. The van der Waals surface area contributed by atoms with Crippen molar-refractivity contribution in [3.63, 3.8) is 0 Å². The third-order valence-electron chi connectivity index (χ3n) is 5.10. The van der Waals surface area contributed by atoms with E-state index in [-0.39, 0.29) is 0 Å². The van der Waals surface area contributed by atoms with Gasteiger partial charge in [-0.2, -0.15) is 0 Å². The molecule has 0 aromatic rings. The Kier molecular flexibility index (Phi) is 2.66. The van der Waals surface area contributed by atoms with Crippen LogP contribution in [0.3, 0.4) is 0 Å². The molecule has 2 aliphatic rings. The number of hydrogen-bond acceptors (Lipinski definition) is 0. The monoisotopic (exact) mass is 194 g/mol. The molecule has 0 saturated heterocycles. The van der Waals surface area contributed by atoms with E-state index in [0.717, 1.165) is 41.4 Å². The largest absolute Gasteiger partial charge is 0.0625 e. The van der Waals surface area contributed by atoms with Gasteiger partial charge in [0.05, 0.1) is 0 Å². The van der Waals surface area contributed by atoms with Crippen molar-refractivity contribution in [3.8, 4) is 0 Å². The summed E-state index contributed by atoms with van der Waals surface area (Å²) in [6.45, 7) is 12.2. The molecule has 82 valence electrons. The fraction of sp³-hybridized carbons (Fsp3) is 1.00. The molecular formula is C14H26. The molecule has 0 spiro atoms. The maximum Gasteiger partial charge on any atom is -0.0352 e. The molecule has 6 unspecified atom stereocenters. The van der Waals surface area contributed by atoms with Gasteiger partial charge >= 0.3 is 0 Å². The number of rotatable bonds is 4. The van der Waals surface area contributed by atoms with Gasteiger partial charge in [-0.25, -0.2) is 0 Å². The van der Waals surface area contributed by atoms with Crippen molar-refractivity contribution in [1.82, 2.24) is 0 Å². The van der Waals surface area contributed by atoms with Crippen molar-refractivity contribution >= 4 is 0 Å². The van der Waals surface area contributed by atoms with Gasteiger partial charge < -0.3 is 0 Å². The van der Waals surface area contributed by atoms with Crippen LogP contribution in [0.2, 0.25) is 0 Å². The lowest BCUT2D eigenvalue weighted by Gasteiger charge is -2.20. The maximum atomic E-state index is 2.50. The Bertz CT molecular complexity index is 206. The molecule has 2 rings (SSSR count).